The van der Waals surface area contributed by atoms with Gasteiger partial charge in [-0.05, 0) is 29.7 Å². The van der Waals surface area contributed by atoms with Crippen molar-refractivity contribution in [3.05, 3.63) is 71.1 Å². The predicted molar refractivity (Wildman–Crippen MR) is 121 cm³/mol. The molecule has 2 heterocycles. The maximum Gasteiger partial charge on any atom is 0.407 e. The van der Waals surface area contributed by atoms with E-state index in [4.69, 9.17) is 9.15 Å². The molecule has 1 aromatic heterocycles. The van der Waals surface area contributed by atoms with Crippen molar-refractivity contribution in [2.75, 3.05) is 0 Å². The van der Waals surface area contributed by atoms with Crippen LogP contribution < -0.4 is 5.32 Å². The minimum absolute atomic E-state index is 0.0232. The first kappa shape index (κ1) is 24.7. The number of ether oxygens (including phenoxy) is 1. The van der Waals surface area contributed by atoms with Crippen molar-refractivity contribution in [3.8, 4) is 11.5 Å². The highest BCUT2D eigenvalue weighted by atomic mass is 19.3. The monoisotopic (exact) mass is 518 g/mol. The highest BCUT2D eigenvalue weighted by Gasteiger charge is 2.47. The molecule has 0 radical (unpaired) electrons. The predicted octanol–water partition coefficient (Wildman–Crippen LogP) is 5.11. The number of aromatic nitrogens is 2. The third-order valence-corrected chi connectivity index (χ3v) is 6.52. The van der Waals surface area contributed by atoms with E-state index in [-0.39, 0.29) is 36.6 Å². The van der Waals surface area contributed by atoms with Gasteiger partial charge in [-0.2, -0.15) is 8.78 Å². The van der Waals surface area contributed by atoms with Crippen LogP contribution in [-0.4, -0.2) is 45.1 Å². The molecule has 0 bridgehead atoms. The van der Waals surface area contributed by atoms with E-state index in [1.807, 2.05) is 6.07 Å². The van der Waals surface area contributed by atoms with Crippen LogP contribution in [0.1, 0.15) is 53.1 Å². The lowest BCUT2D eigenvalue weighted by molar-refractivity contribution is -0.0636. The lowest BCUT2D eigenvalue weighted by atomic mass is 9.86. The van der Waals surface area contributed by atoms with Gasteiger partial charge in [0.05, 0.1) is 12.1 Å². The molecule has 1 aliphatic heterocycles. The minimum Gasteiger partial charge on any atom is -0.445 e. The Bertz CT molecular complexity index is 1300. The molecule has 2 aliphatic rings. The summed E-state index contributed by atoms with van der Waals surface area (Å²) in [6, 6.07) is 11.8. The molecule has 5 rings (SSSR count). The van der Waals surface area contributed by atoms with Crippen LogP contribution in [-0.2, 0) is 17.9 Å². The largest absolute Gasteiger partial charge is 0.445 e. The van der Waals surface area contributed by atoms with Crippen LogP contribution in [0.3, 0.4) is 0 Å². The Kier molecular flexibility index (Phi) is 6.57. The normalized spacial score (nSPS) is 20.7. The van der Waals surface area contributed by atoms with E-state index < -0.39 is 55.2 Å². The zero-order valence-electron chi connectivity index (χ0n) is 19.4. The quantitative estimate of drug-likeness (QED) is 0.456. The molecular weight excluding hydrogens is 496 g/mol. The molecule has 8 nitrogen and oxygen atoms in total. The van der Waals surface area contributed by atoms with Gasteiger partial charge in [0.15, 0.2) is 0 Å². The highest BCUT2D eigenvalue weighted by Crippen LogP contribution is 2.39. The number of hydrogen-bond donors (Lipinski definition) is 1. The zero-order valence-corrected chi connectivity index (χ0v) is 19.4. The second kappa shape index (κ2) is 9.83. The highest BCUT2D eigenvalue weighted by molar-refractivity contribution is 5.99. The fourth-order valence-electron chi connectivity index (χ4n) is 4.72. The van der Waals surface area contributed by atoms with Crippen LogP contribution in [0.15, 0.2) is 52.9 Å². The minimum atomic E-state index is -3.00. The van der Waals surface area contributed by atoms with Gasteiger partial charge in [-0.25, -0.2) is 13.6 Å². The molecule has 1 saturated carbocycles. The van der Waals surface area contributed by atoms with Crippen molar-refractivity contribution >= 4 is 12.0 Å². The topological polar surface area (TPSA) is 97.6 Å². The number of carbonyl (C=O) groups is 2. The zero-order chi connectivity index (χ0) is 26.2. The van der Waals surface area contributed by atoms with Gasteiger partial charge in [-0.3, -0.25) is 4.79 Å². The van der Waals surface area contributed by atoms with Crippen molar-refractivity contribution in [2.24, 2.45) is 0 Å². The number of fused-ring (bicyclic) bond motifs is 1. The van der Waals surface area contributed by atoms with Gasteiger partial charge >= 0.3 is 12.5 Å². The number of hydrogen-bond acceptors (Lipinski definition) is 6. The number of carbonyl (C=O) groups excluding carboxylic acids is 2. The smallest absolute Gasteiger partial charge is 0.407 e. The summed E-state index contributed by atoms with van der Waals surface area (Å²) in [6.07, 6.45) is -4.87. The number of nitrogens with zero attached hydrogens (tertiary/aromatic N) is 3. The third-order valence-electron chi connectivity index (χ3n) is 6.52. The van der Waals surface area contributed by atoms with Gasteiger partial charge in [0.2, 0.25) is 11.8 Å². The van der Waals surface area contributed by atoms with Crippen molar-refractivity contribution in [3.63, 3.8) is 0 Å². The first-order valence-corrected chi connectivity index (χ1v) is 11.6. The third kappa shape index (κ3) is 5.27. The summed E-state index contributed by atoms with van der Waals surface area (Å²) in [7, 11) is 0. The molecule has 12 heteroatoms. The Morgan fingerprint density at radius 2 is 1.97 bits per heavy atom. The lowest BCUT2D eigenvalue weighted by Gasteiger charge is -2.40. The number of halogens is 4. The van der Waals surface area contributed by atoms with Crippen LogP contribution in [0, 0.1) is 0 Å². The Balaban J connectivity index is 1.31. The van der Waals surface area contributed by atoms with E-state index in [1.165, 1.54) is 11.0 Å². The fraction of sp³-hybridized carbons (Fsp3) is 0.360. The van der Waals surface area contributed by atoms with Crippen LogP contribution >= 0.6 is 0 Å². The van der Waals surface area contributed by atoms with E-state index in [0.29, 0.717) is 5.56 Å². The second-order valence-electron chi connectivity index (χ2n) is 9.03. The number of benzene rings is 2. The first-order valence-electron chi connectivity index (χ1n) is 11.6. The van der Waals surface area contributed by atoms with Gasteiger partial charge in [-0.15, -0.1) is 10.2 Å². The van der Waals surface area contributed by atoms with Gasteiger partial charge in [-0.1, -0.05) is 36.4 Å². The first-order chi connectivity index (χ1) is 17.7. The standard InChI is InChI=1S/C25H22F4N4O4/c26-20(27)22-32-31-21(37-22)15-6-7-16-12-33(23(34)17(16)10-15)19-8-9-25(28,29)11-18(19)30-24(35)36-13-14-4-2-1-3-5-14/h1-7,10,18-20H,8-9,11-13H2,(H,30,35)/t18-,19+/m0/s1. The molecule has 194 valence electrons. The molecular formula is C25H22F4N4O4. The van der Waals surface area contributed by atoms with E-state index in [0.717, 1.165) is 5.56 Å². The van der Waals surface area contributed by atoms with Crippen molar-refractivity contribution in [2.45, 2.75) is 56.8 Å². The van der Waals surface area contributed by atoms with Crippen molar-refractivity contribution < 1.29 is 36.3 Å². The molecule has 1 fully saturated rings. The van der Waals surface area contributed by atoms with Crippen molar-refractivity contribution in [1.82, 2.24) is 20.4 Å². The average Bonchev–Trinajstić information content (AvgIpc) is 3.49. The summed E-state index contributed by atoms with van der Waals surface area (Å²) in [4.78, 5) is 27.2. The fourth-order valence-corrected chi connectivity index (χ4v) is 4.72. The second-order valence-corrected chi connectivity index (χ2v) is 9.03. The summed E-state index contributed by atoms with van der Waals surface area (Å²) < 4.78 is 64.4. The number of amides is 2. The average molecular weight is 518 g/mol. The molecule has 1 N–H and O–H groups in total. The van der Waals surface area contributed by atoms with Crippen LogP contribution in [0.2, 0.25) is 0 Å². The number of alkyl carbamates (subject to hydrolysis) is 1. The Labute approximate surface area is 208 Å². The van der Waals surface area contributed by atoms with Gasteiger partial charge < -0.3 is 19.4 Å². The number of rotatable bonds is 6. The van der Waals surface area contributed by atoms with E-state index in [1.54, 1.807) is 36.4 Å². The molecule has 3 aromatic rings. The van der Waals surface area contributed by atoms with Crippen LogP contribution in [0.4, 0.5) is 22.4 Å². The van der Waals surface area contributed by atoms with Gasteiger partial charge in [0.1, 0.15) is 6.61 Å². The molecule has 1 aliphatic carbocycles. The Morgan fingerprint density at radius 1 is 1.19 bits per heavy atom. The molecule has 0 spiro atoms. The summed E-state index contributed by atoms with van der Waals surface area (Å²) in [5.74, 6) is -4.43. The number of nitrogens with one attached hydrogen (secondary N) is 1. The van der Waals surface area contributed by atoms with Gasteiger partial charge in [0, 0.05) is 30.5 Å². The number of alkyl halides is 4. The summed E-state index contributed by atoms with van der Waals surface area (Å²) in [6.45, 7) is 0.119. The SMILES string of the molecule is O=C(N[C@H]1CC(F)(F)CC[C@H]1N1Cc2ccc(-c3nnc(C(F)F)o3)cc2C1=O)OCc1ccccc1. The molecule has 37 heavy (non-hydrogen) atoms. The van der Waals surface area contributed by atoms with E-state index in [2.05, 4.69) is 15.5 Å². The summed E-state index contributed by atoms with van der Waals surface area (Å²) in [5.41, 5.74) is 1.93. The summed E-state index contributed by atoms with van der Waals surface area (Å²) >= 11 is 0. The van der Waals surface area contributed by atoms with Crippen LogP contribution in [0.25, 0.3) is 11.5 Å². The Morgan fingerprint density at radius 3 is 2.70 bits per heavy atom. The van der Waals surface area contributed by atoms with Crippen molar-refractivity contribution in [1.29, 1.82) is 0 Å². The molecule has 2 amide bonds. The maximum absolute atomic E-state index is 14.3. The molecule has 0 saturated heterocycles. The van der Waals surface area contributed by atoms with E-state index in [9.17, 15) is 27.2 Å². The Hall–Kier alpha value is -3.96. The van der Waals surface area contributed by atoms with Gasteiger partial charge in [0.25, 0.3) is 11.8 Å². The maximum atomic E-state index is 14.3. The molecule has 2 aromatic carbocycles. The summed E-state index contributed by atoms with van der Waals surface area (Å²) in [5, 5.41) is 9.42. The van der Waals surface area contributed by atoms with Crippen LogP contribution in [0.5, 0.6) is 0 Å². The molecule has 0 unspecified atom stereocenters. The van der Waals surface area contributed by atoms with E-state index >= 15 is 0 Å². The lowest BCUT2D eigenvalue weighted by Crippen LogP contribution is -2.56. The molecule has 2 atom stereocenters.